The Morgan fingerprint density at radius 1 is 1.47 bits per heavy atom. The monoisotopic (exact) mass is 256 g/mol. The number of hydrogen-bond acceptors (Lipinski definition) is 3. The fourth-order valence-electron chi connectivity index (χ4n) is 3.01. The van der Waals surface area contributed by atoms with E-state index in [4.69, 9.17) is 5.73 Å². The summed E-state index contributed by atoms with van der Waals surface area (Å²) in [6.45, 7) is 2.65. The van der Waals surface area contributed by atoms with Gasteiger partial charge in [0.15, 0.2) is 0 Å². The SMILES string of the molecule is CC1(C(=O)NC(CN)C2CCCC2)CCCS1. The van der Waals surface area contributed by atoms with E-state index in [0.717, 1.165) is 18.6 Å². The molecule has 0 bridgehead atoms. The number of nitrogens with two attached hydrogens (primary N) is 1. The fourth-order valence-corrected chi connectivity index (χ4v) is 4.23. The molecule has 2 fully saturated rings. The van der Waals surface area contributed by atoms with Crippen molar-refractivity contribution >= 4 is 17.7 Å². The summed E-state index contributed by atoms with van der Waals surface area (Å²) in [4.78, 5) is 12.3. The summed E-state index contributed by atoms with van der Waals surface area (Å²) in [5, 5.41) is 3.21. The van der Waals surface area contributed by atoms with Crippen molar-refractivity contribution in [2.45, 2.75) is 56.2 Å². The van der Waals surface area contributed by atoms with Gasteiger partial charge in [0.25, 0.3) is 0 Å². The second-order valence-electron chi connectivity index (χ2n) is 5.54. The van der Waals surface area contributed by atoms with Gasteiger partial charge in [-0.2, -0.15) is 0 Å². The van der Waals surface area contributed by atoms with Crippen LogP contribution in [0.2, 0.25) is 0 Å². The molecule has 1 saturated heterocycles. The van der Waals surface area contributed by atoms with Gasteiger partial charge in [0.2, 0.25) is 5.91 Å². The van der Waals surface area contributed by atoms with E-state index in [0.29, 0.717) is 12.5 Å². The minimum atomic E-state index is -0.202. The van der Waals surface area contributed by atoms with E-state index in [1.807, 2.05) is 0 Å². The van der Waals surface area contributed by atoms with Crippen LogP contribution in [0.4, 0.5) is 0 Å². The molecule has 2 atom stereocenters. The van der Waals surface area contributed by atoms with E-state index in [1.54, 1.807) is 11.8 Å². The van der Waals surface area contributed by atoms with E-state index < -0.39 is 0 Å². The Morgan fingerprint density at radius 2 is 2.18 bits per heavy atom. The zero-order chi connectivity index (χ0) is 12.3. The summed E-state index contributed by atoms with van der Waals surface area (Å²) in [5.74, 6) is 1.93. The summed E-state index contributed by atoms with van der Waals surface area (Å²) >= 11 is 1.79. The first kappa shape index (κ1) is 13.2. The Bertz CT molecular complexity index is 271. The van der Waals surface area contributed by atoms with Gasteiger partial charge < -0.3 is 11.1 Å². The Morgan fingerprint density at radius 3 is 2.71 bits per heavy atom. The van der Waals surface area contributed by atoms with Crippen molar-refractivity contribution < 1.29 is 4.79 Å². The quantitative estimate of drug-likeness (QED) is 0.808. The number of nitrogens with one attached hydrogen (secondary N) is 1. The third kappa shape index (κ3) is 2.97. The molecule has 3 N–H and O–H groups in total. The Kier molecular flexibility index (Phi) is 4.36. The first-order chi connectivity index (χ1) is 8.15. The maximum absolute atomic E-state index is 12.3. The van der Waals surface area contributed by atoms with Crippen molar-refractivity contribution in [1.29, 1.82) is 0 Å². The van der Waals surface area contributed by atoms with Crippen molar-refractivity contribution in [1.82, 2.24) is 5.32 Å². The highest BCUT2D eigenvalue weighted by Crippen LogP contribution is 2.38. The summed E-state index contributed by atoms with van der Waals surface area (Å²) < 4.78 is -0.202. The van der Waals surface area contributed by atoms with Crippen molar-refractivity contribution in [3.05, 3.63) is 0 Å². The second-order valence-corrected chi connectivity index (χ2v) is 7.14. The number of amides is 1. The highest BCUT2D eigenvalue weighted by atomic mass is 32.2. The highest BCUT2D eigenvalue weighted by molar-refractivity contribution is 8.01. The molecule has 98 valence electrons. The first-order valence-electron chi connectivity index (χ1n) is 6.81. The zero-order valence-electron chi connectivity index (χ0n) is 10.7. The summed E-state index contributed by atoms with van der Waals surface area (Å²) in [6.07, 6.45) is 7.21. The first-order valence-corrected chi connectivity index (χ1v) is 7.79. The van der Waals surface area contributed by atoms with Gasteiger partial charge in [-0.15, -0.1) is 11.8 Å². The van der Waals surface area contributed by atoms with Gasteiger partial charge in [-0.3, -0.25) is 4.79 Å². The second kappa shape index (κ2) is 5.61. The van der Waals surface area contributed by atoms with Gasteiger partial charge in [0.1, 0.15) is 0 Å². The standard InChI is InChI=1S/C13H24N2OS/c1-13(7-4-8-17-13)12(16)15-11(9-14)10-5-2-3-6-10/h10-11H,2-9,14H2,1H3,(H,15,16). The van der Waals surface area contributed by atoms with Crippen LogP contribution in [0.25, 0.3) is 0 Å². The van der Waals surface area contributed by atoms with Gasteiger partial charge in [-0.05, 0) is 44.3 Å². The third-order valence-corrected chi connectivity index (χ3v) is 5.76. The topological polar surface area (TPSA) is 55.1 Å². The fraction of sp³-hybridized carbons (Fsp3) is 0.923. The molecule has 0 aromatic carbocycles. The molecular weight excluding hydrogens is 232 g/mol. The van der Waals surface area contributed by atoms with Crippen LogP contribution in [-0.4, -0.2) is 29.0 Å². The predicted molar refractivity (Wildman–Crippen MR) is 73.0 cm³/mol. The molecule has 2 aliphatic rings. The van der Waals surface area contributed by atoms with E-state index in [9.17, 15) is 4.79 Å². The van der Waals surface area contributed by atoms with Crippen LogP contribution in [0.5, 0.6) is 0 Å². The number of rotatable bonds is 4. The summed E-state index contributed by atoms with van der Waals surface area (Å²) in [5.41, 5.74) is 5.82. The molecule has 0 radical (unpaired) electrons. The maximum Gasteiger partial charge on any atom is 0.236 e. The molecular formula is C13H24N2OS. The van der Waals surface area contributed by atoms with Gasteiger partial charge in [0.05, 0.1) is 4.75 Å². The Balaban J connectivity index is 1.91. The molecule has 1 aliphatic heterocycles. The third-order valence-electron chi connectivity index (χ3n) is 4.24. The smallest absolute Gasteiger partial charge is 0.236 e. The number of thioether (sulfide) groups is 1. The lowest BCUT2D eigenvalue weighted by Crippen LogP contribution is -2.50. The minimum absolute atomic E-state index is 0.197. The molecule has 2 rings (SSSR count). The number of carbonyl (C=O) groups excluding carboxylic acids is 1. The minimum Gasteiger partial charge on any atom is -0.351 e. The van der Waals surface area contributed by atoms with E-state index in [-0.39, 0.29) is 16.7 Å². The molecule has 1 amide bonds. The van der Waals surface area contributed by atoms with Crippen molar-refractivity contribution in [2.24, 2.45) is 11.7 Å². The lowest BCUT2D eigenvalue weighted by Gasteiger charge is -2.28. The van der Waals surface area contributed by atoms with Crippen LogP contribution in [-0.2, 0) is 4.79 Å². The Hall–Kier alpha value is -0.220. The van der Waals surface area contributed by atoms with Crippen LogP contribution >= 0.6 is 11.8 Å². The number of carbonyl (C=O) groups is 1. The lowest BCUT2D eigenvalue weighted by atomic mass is 9.96. The van der Waals surface area contributed by atoms with E-state index >= 15 is 0 Å². The predicted octanol–water partition coefficient (Wildman–Crippen LogP) is 1.91. The van der Waals surface area contributed by atoms with Gasteiger partial charge in [-0.25, -0.2) is 0 Å². The normalized spacial score (nSPS) is 31.6. The molecule has 1 heterocycles. The molecule has 0 aromatic rings. The van der Waals surface area contributed by atoms with Crippen LogP contribution in [0.1, 0.15) is 45.4 Å². The average molecular weight is 256 g/mol. The maximum atomic E-state index is 12.3. The van der Waals surface area contributed by atoms with Gasteiger partial charge in [0, 0.05) is 12.6 Å². The average Bonchev–Trinajstić information content (AvgIpc) is 2.97. The van der Waals surface area contributed by atoms with Gasteiger partial charge >= 0.3 is 0 Å². The summed E-state index contributed by atoms with van der Waals surface area (Å²) in [6, 6.07) is 0.197. The van der Waals surface area contributed by atoms with E-state index in [2.05, 4.69) is 12.2 Å². The van der Waals surface area contributed by atoms with Gasteiger partial charge in [-0.1, -0.05) is 12.8 Å². The van der Waals surface area contributed by atoms with Crippen molar-refractivity contribution in [3.8, 4) is 0 Å². The van der Waals surface area contributed by atoms with Crippen LogP contribution in [0, 0.1) is 5.92 Å². The van der Waals surface area contributed by atoms with Crippen LogP contribution < -0.4 is 11.1 Å². The van der Waals surface area contributed by atoms with Crippen molar-refractivity contribution in [2.75, 3.05) is 12.3 Å². The largest absolute Gasteiger partial charge is 0.351 e. The molecule has 1 saturated carbocycles. The Labute approximate surface area is 108 Å². The molecule has 0 spiro atoms. The molecule has 2 unspecified atom stereocenters. The molecule has 1 aliphatic carbocycles. The van der Waals surface area contributed by atoms with Crippen LogP contribution in [0.3, 0.4) is 0 Å². The molecule has 17 heavy (non-hydrogen) atoms. The summed E-state index contributed by atoms with van der Waals surface area (Å²) in [7, 11) is 0. The van der Waals surface area contributed by atoms with Crippen LogP contribution in [0.15, 0.2) is 0 Å². The highest BCUT2D eigenvalue weighted by Gasteiger charge is 2.38. The van der Waals surface area contributed by atoms with Crippen molar-refractivity contribution in [3.63, 3.8) is 0 Å². The number of hydrogen-bond donors (Lipinski definition) is 2. The lowest BCUT2D eigenvalue weighted by molar-refractivity contribution is -0.124. The zero-order valence-corrected chi connectivity index (χ0v) is 11.5. The molecule has 0 aromatic heterocycles. The van der Waals surface area contributed by atoms with E-state index in [1.165, 1.54) is 25.7 Å². The molecule has 3 nitrogen and oxygen atoms in total. The molecule has 4 heteroatoms.